The number of carbonyl (C=O) groups is 1. The molecule has 0 radical (unpaired) electrons. The van der Waals surface area contributed by atoms with Crippen molar-refractivity contribution < 1.29 is 30.8 Å². The number of amides is 1. The zero-order valence-electron chi connectivity index (χ0n) is 11.8. The van der Waals surface area contributed by atoms with Gasteiger partial charge in [0.15, 0.2) is 11.6 Å². The monoisotopic (exact) mass is 349 g/mol. The maximum absolute atomic E-state index is 12.4. The van der Waals surface area contributed by atoms with E-state index in [0.29, 0.717) is 18.3 Å². The van der Waals surface area contributed by atoms with Gasteiger partial charge >= 0.3 is 6.18 Å². The van der Waals surface area contributed by atoms with Crippen LogP contribution in [0, 0.1) is 13.8 Å². The van der Waals surface area contributed by atoms with Gasteiger partial charge in [-0.15, -0.1) is 0 Å². The van der Waals surface area contributed by atoms with Crippen molar-refractivity contribution in [2.45, 2.75) is 24.9 Å². The number of carbonyl (C=O) groups excluding carboxylic acids is 1. The Balaban J connectivity index is 2.25. The van der Waals surface area contributed by atoms with Gasteiger partial charge in [-0.2, -0.15) is 13.2 Å². The molecule has 0 spiro atoms. The van der Waals surface area contributed by atoms with Crippen molar-refractivity contribution in [3.63, 3.8) is 0 Å². The van der Waals surface area contributed by atoms with Crippen LogP contribution in [0.2, 0.25) is 0 Å². The summed E-state index contributed by atoms with van der Waals surface area (Å²) < 4.78 is 67.8. The molecule has 0 aliphatic heterocycles. The minimum atomic E-state index is -4.69. The van der Waals surface area contributed by atoms with E-state index in [4.69, 9.17) is 4.42 Å². The quantitative estimate of drug-likeness (QED) is 0.907. The van der Waals surface area contributed by atoms with E-state index in [2.05, 4.69) is 9.97 Å². The van der Waals surface area contributed by atoms with Crippen molar-refractivity contribution in [2.75, 3.05) is 0 Å². The molecule has 0 fully saturated rings. The van der Waals surface area contributed by atoms with Crippen LogP contribution in [-0.2, 0) is 16.2 Å². The Morgan fingerprint density at radius 1 is 1.26 bits per heavy atom. The Morgan fingerprint density at radius 3 is 2.35 bits per heavy atom. The average Bonchev–Trinajstić information content (AvgIpc) is 2.76. The van der Waals surface area contributed by atoms with Crippen LogP contribution in [0.3, 0.4) is 0 Å². The molecule has 2 aromatic rings. The third-order valence-corrected chi connectivity index (χ3v) is 4.00. The molecule has 0 atom stereocenters. The van der Waals surface area contributed by atoms with Crippen LogP contribution < -0.4 is 4.72 Å². The highest BCUT2D eigenvalue weighted by atomic mass is 32.2. The molecule has 2 heterocycles. The molecule has 11 heteroatoms. The Bertz CT molecular complexity index is 841. The summed E-state index contributed by atoms with van der Waals surface area (Å²) in [4.78, 5) is 18.0. The summed E-state index contributed by atoms with van der Waals surface area (Å²) in [6.07, 6.45) is -4.18. The van der Waals surface area contributed by atoms with Crippen molar-refractivity contribution in [3.8, 4) is 0 Å². The second-order valence-electron chi connectivity index (χ2n) is 4.45. The highest BCUT2D eigenvalue weighted by molar-refractivity contribution is 7.90. The highest BCUT2D eigenvalue weighted by Gasteiger charge is 2.33. The molecule has 2 rings (SSSR count). The number of halogens is 3. The van der Waals surface area contributed by atoms with Gasteiger partial charge in [0.2, 0.25) is 0 Å². The van der Waals surface area contributed by atoms with Crippen molar-refractivity contribution >= 4 is 15.9 Å². The Kier molecular flexibility index (Phi) is 4.16. The summed E-state index contributed by atoms with van der Waals surface area (Å²) in [6.45, 7) is 2.89. The van der Waals surface area contributed by atoms with Crippen LogP contribution in [0.4, 0.5) is 13.2 Å². The smallest absolute Gasteiger partial charge is 0.433 e. The number of rotatable bonds is 3. The van der Waals surface area contributed by atoms with E-state index in [-0.39, 0.29) is 17.3 Å². The summed E-state index contributed by atoms with van der Waals surface area (Å²) in [7, 11) is -4.39. The number of oxazole rings is 1. The number of hydrogen-bond acceptors (Lipinski definition) is 6. The van der Waals surface area contributed by atoms with Gasteiger partial charge in [0.05, 0.1) is 0 Å². The molecule has 23 heavy (non-hydrogen) atoms. The number of aromatic nitrogens is 2. The van der Waals surface area contributed by atoms with Gasteiger partial charge in [0.1, 0.15) is 16.3 Å². The summed E-state index contributed by atoms with van der Waals surface area (Å²) in [5, 5.41) is 0. The zero-order chi connectivity index (χ0) is 17.4. The van der Waals surface area contributed by atoms with Gasteiger partial charge in [-0.3, -0.25) is 9.78 Å². The van der Waals surface area contributed by atoms with E-state index in [9.17, 15) is 26.4 Å². The third kappa shape index (κ3) is 3.67. The first-order valence-corrected chi connectivity index (χ1v) is 7.53. The molecular formula is C12H10F3N3O4S. The summed E-state index contributed by atoms with van der Waals surface area (Å²) >= 11 is 0. The molecule has 1 N–H and O–H groups in total. The van der Waals surface area contributed by atoms with Crippen LogP contribution in [0.25, 0.3) is 0 Å². The van der Waals surface area contributed by atoms with E-state index in [0.717, 1.165) is 0 Å². The maximum Gasteiger partial charge on any atom is 0.433 e. The lowest BCUT2D eigenvalue weighted by molar-refractivity contribution is -0.141. The number of hydrogen-bond donors (Lipinski definition) is 1. The van der Waals surface area contributed by atoms with E-state index in [1.165, 1.54) is 13.8 Å². The van der Waals surface area contributed by atoms with Crippen molar-refractivity contribution in [1.29, 1.82) is 0 Å². The minimum absolute atomic E-state index is 0.112. The molecule has 0 aliphatic carbocycles. The second-order valence-corrected chi connectivity index (χ2v) is 6.13. The number of nitrogens with zero attached hydrogens (tertiary/aromatic N) is 2. The minimum Gasteiger partial charge on any atom is -0.445 e. The summed E-state index contributed by atoms with van der Waals surface area (Å²) in [6, 6.07) is 1.21. The van der Waals surface area contributed by atoms with E-state index in [1.54, 1.807) is 4.72 Å². The predicted octanol–water partition coefficient (Wildman–Crippen LogP) is 1.82. The lowest BCUT2D eigenvalue weighted by Gasteiger charge is -2.08. The lowest BCUT2D eigenvalue weighted by atomic mass is 10.3. The molecule has 0 saturated heterocycles. The van der Waals surface area contributed by atoms with Gasteiger partial charge in [0, 0.05) is 13.1 Å². The Morgan fingerprint density at radius 2 is 1.91 bits per heavy atom. The molecule has 0 bridgehead atoms. The average molecular weight is 349 g/mol. The molecule has 1 amide bonds. The molecule has 0 saturated carbocycles. The van der Waals surface area contributed by atoms with Gasteiger partial charge in [-0.05, 0) is 19.1 Å². The van der Waals surface area contributed by atoms with E-state index < -0.39 is 32.7 Å². The highest BCUT2D eigenvalue weighted by Crippen LogP contribution is 2.27. The molecule has 2 aromatic heterocycles. The number of aryl methyl sites for hydroxylation is 2. The standard InChI is InChI=1S/C12H10F3N3O4S/c1-6-10(17-7(2)22-6)11(19)18-23(20,21)8-3-4-9(16-5-8)12(13,14)15/h3-5H,1-2H3,(H,18,19). The largest absolute Gasteiger partial charge is 0.445 e. The van der Waals surface area contributed by atoms with Crippen molar-refractivity contribution in [2.24, 2.45) is 0 Å². The van der Waals surface area contributed by atoms with E-state index in [1.807, 2.05) is 0 Å². The SMILES string of the molecule is Cc1nc(C(=O)NS(=O)(=O)c2ccc(C(F)(F)F)nc2)c(C)o1. The fraction of sp³-hybridized carbons (Fsp3) is 0.250. The number of nitrogens with one attached hydrogen (secondary N) is 1. The van der Waals surface area contributed by atoms with Crippen LogP contribution in [0.5, 0.6) is 0 Å². The van der Waals surface area contributed by atoms with Gasteiger partial charge < -0.3 is 4.42 Å². The van der Waals surface area contributed by atoms with Gasteiger partial charge in [0.25, 0.3) is 15.9 Å². The lowest BCUT2D eigenvalue weighted by Crippen LogP contribution is -2.31. The van der Waals surface area contributed by atoms with Gasteiger partial charge in [-0.25, -0.2) is 18.1 Å². The topological polar surface area (TPSA) is 102 Å². The normalized spacial score (nSPS) is 12.2. The van der Waals surface area contributed by atoms with Crippen LogP contribution >= 0.6 is 0 Å². The third-order valence-electron chi connectivity index (χ3n) is 2.68. The summed E-state index contributed by atoms with van der Waals surface area (Å²) in [5.74, 6) is -0.777. The zero-order valence-corrected chi connectivity index (χ0v) is 12.6. The number of alkyl halides is 3. The maximum atomic E-state index is 12.4. The molecule has 124 valence electrons. The summed E-state index contributed by atoms with van der Waals surface area (Å²) in [5.41, 5.74) is -1.48. The first kappa shape index (κ1) is 16.9. The fourth-order valence-electron chi connectivity index (χ4n) is 1.68. The Hall–Kier alpha value is -2.43. The first-order valence-electron chi connectivity index (χ1n) is 6.05. The van der Waals surface area contributed by atoms with E-state index >= 15 is 0 Å². The fourth-order valence-corrected chi connectivity index (χ4v) is 2.57. The number of pyridine rings is 1. The van der Waals surface area contributed by atoms with Gasteiger partial charge in [-0.1, -0.05) is 0 Å². The van der Waals surface area contributed by atoms with Crippen molar-refractivity contribution in [3.05, 3.63) is 41.4 Å². The molecule has 0 aromatic carbocycles. The Labute approximate surface area is 128 Å². The molecule has 0 unspecified atom stereocenters. The van der Waals surface area contributed by atoms with Crippen molar-refractivity contribution in [1.82, 2.24) is 14.7 Å². The van der Waals surface area contributed by atoms with Crippen LogP contribution in [-0.4, -0.2) is 24.3 Å². The number of sulfonamides is 1. The molecule has 0 aliphatic rings. The second kappa shape index (κ2) is 5.65. The first-order chi connectivity index (χ1) is 10.5. The predicted molar refractivity (Wildman–Crippen MR) is 69.9 cm³/mol. The van der Waals surface area contributed by atoms with Crippen LogP contribution in [0.15, 0.2) is 27.6 Å². The molecule has 7 nitrogen and oxygen atoms in total. The molecular weight excluding hydrogens is 339 g/mol. The van der Waals surface area contributed by atoms with Crippen LogP contribution in [0.1, 0.15) is 27.8 Å².